The molecule has 94 valence electrons. The molecule has 0 amide bonds. The smallest absolute Gasteiger partial charge is 0.357 e. The van der Waals surface area contributed by atoms with Crippen LogP contribution in [0.2, 0.25) is 0 Å². The van der Waals surface area contributed by atoms with Crippen molar-refractivity contribution in [3.05, 3.63) is 11.4 Å². The zero-order valence-electron chi connectivity index (χ0n) is 8.82. The van der Waals surface area contributed by atoms with Gasteiger partial charge in [-0.05, 0) is 6.92 Å². The van der Waals surface area contributed by atoms with Crippen molar-refractivity contribution in [1.82, 2.24) is 9.55 Å². The second-order valence-electron chi connectivity index (χ2n) is 3.26. The summed E-state index contributed by atoms with van der Waals surface area (Å²) in [7, 11) is 0. The molecule has 1 aliphatic heterocycles. The molecule has 0 fully saturated rings. The summed E-state index contributed by atoms with van der Waals surface area (Å²) >= 11 is 12.0. The number of carbonyl (C=O) groups excluding carboxylic acids is 1. The highest BCUT2D eigenvalue weighted by molar-refractivity contribution is 9.13. The van der Waals surface area contributed by atoms with Crippen molar-refractivity contribution in [2.75, 3.05) is 6.61 Å². The van der Waals surface area contributed by atoms with Crippen LogP contribution < -0.4 is 0 Å². The number of alkyl halides is 3. The van der Waals surface area contributed by atoms with Gasteiger partial charge in [-0.1, -0.05) is 59.6 Å². The maximum absolute atomic E-state index is 11.9. The molecular formula is C9H9Br3N2O2S. The number of thioether (sulfide) groups is 1. The van der Waals surface area contributed by atoms with Gasteiger partial charge in [-0.2, -0.15) is 0 Å². The van der Waals surface area contributed by atoms with Crippen molar-refractivity contribution in [1.29, 1.82) is 0 Å². The van der Waals surface area contributed by atoms with Gasteiger partial charge in [0.1, 0.15) is 4.95 Å². The van der Waals surface area contributed by atoms with Gasteiger partial charge >= 0.3 is 5.97 Å². The summed E-state index contributed by atoms with van der Waals surface area (Å²) in [6, 6.07) is 0. The van der Waals surface area contributed by atoms with Crippen LogP contribution in [0.1, 0.15) is 28.1 Å². The largest absolute Gasteiger partial charge is 0.461 e. The molecule has 2 heterocycles. The molecule has 0 bridgehead atoms. The molecular weight excluding hydrogens is 440 g/mol. The fourth-order valence-corrected chi connectivity index (χ4v) is 4.46. The molecule has 4 nitrogen and oxygen atoms in total. The average molecular weight is 449 g/mol. The second-order valence-corrected chi connectivity index (χ2v) is 7.46. The number of hydrogen-bond donors (Lipinski definition) is 0. The number of fused-ring (bicyclic) bond motifs is 1. The Morgan fingerprint density at radius 1 is 1.59 bits per heavy atom. The van der Waals surface area contributed by atoms with Gasteiger partial charge in [0.15, 0.2) is 10.9 Å². The first kappa shape index (κ1) is 13.9. The van der Waals surface area contributed by atoms with E-state index in [1.165, 1.54) is 0 Å². The highest BCUT2D eigenvalue weighted by Gasteiger charge is 2.36. The van der Waals surface area contributed by atoms with Gasteiger partial charge < -0.3 is 4.74 Å². The van der Waals surface area contributed by atoms with E-state index in [1.807, 2.05) is 4.57 Å². The molecule has 0 saturated carbocycles. The van der Waals surface area contributed by atoms with Crippen LogP contribution in [0, 0.1) is 0 Å². The molecule has 0 N–H and O–H groups in total. The summed E-state index contributed by atoms with van der Waals surface area (Å²) < 4.78 is 7.11. The normalized spacial score (nSPS) is 22.6. The lowest BCUT2D eigenvalue weighted by Gasteiger charge is -2.11. The van der Waals surface area contributed by atoms with E-state index in [4.69, 9.17) is 4.74 Å². The van der Waals surface area contributed by atoms with Gasteiger partial charge in [0.2, 0.25) is 0 Å². The first-order valence-electron chi connectivity index (χ1n) is 4.89. The Kier molecular flexibility index (Phi) is 4.60. The predicted molar refractivity (Wildman–Crippen MR) is 77.4 cm³/mol. The Hall–Kier alpha value is 0.470. The van der Waals surface area contributed by atoms with E-state index in [0.29, 0.717) is 17.6 Å². The summed E-state index contributed by atoms with van der Waals surface area (Å²) in [6.07, 6.45) is 0. The number of rotatable bonds is 3. The third kappa shape index (κ3) is 2.46. The summed E-state index contributed by atoms with van der Waals surface area (Å²) in [6.45, 7) is 2.15. The van der Waals surface area contributed by atoms with E-state index in [9.17, 15) is 4.79 Å². The lowest BCUT2D eigenvalue weighted by Crippen LogP contribution is -2.16. The zero-order valence-corrected chi connectivity index (χ0v) is 14.4. The molecule has 1 aromatic heterocycles. The molecule has 0 aromatic carbocycles. The Bertz CT molecular complexity index is 452. The molecule has 2 rings (SSSR count). The number of imidazole rings is 1. The molecule has 17 heavy (non-hydrogen) atoms. The van der Waals surface area contributed by atoms with Crippen molar-refractivity contribution in [3.8, 4) is 0 Å². The lowest BCUT2D eigenvalue weighted by molar-refractivity contribution is 0.0512. The van der Waals surface area contributed by atoms with Crippen molar-refractivity contribution in [3.63, 3.8) is 0 Å². The van der Waals surface area contributed by atoms with Crippen molar-refractivity contribution in [2.24, 2.45) is 0 Å². The Labute approximate surface area is 128 Å². The lowest BCUT2D eigenvalue weighted by atomic mass is 10.3. The van der Waals surface area contributed by atoms with Crippen LogP contribution in [0.25, 0.3) is 0 Å². The minimum Gasteiger partial charge on any atom is -0.461 e. The van der Waals surface area contributed by atoms with Crippen molar-refractivity contribution >= 4 is 65.5 Å². The number of halogens is 3. The number of nitrogens with zero attached hydrogens (tertiary/aromatic N) is 2. The minimum atomic E-state index is -0.327. The van der Waals surface area contributed by atoms with Crippen LogP contribution >= 0.6 is 59.6 Å². The highest BCUT2D eigenvalue weighted by atomic mass is 79.9. The van der Waals surface area contributed by atoms with Gasteiger partial charge in [0.25, 0.3) is 0 Å². The maximum atomic E-state index is 11.9. The molecule has 0 saturated heterocycles. The molecule has 2 atom stereocenters. The molecule has 1 aromatic rings. The van der Waals surface area contributed by atoms with Crippen LogP contribution in [0.5, 0.6) is 0 Å². The molecule has 1 aliphatic rings. The minimum absolute atomic E-state index is 0.00204. The molecule has 0 unspecified atom stereocenters. The standard InChI is InChI=1S/C9H9Br3N2O2S/c1-2-16-8(15)5-4(3-10)13-9-14(5)6(11)7(12)17-9/h6-7H,2-3H2,1H3/t6-,7-/m0/s1. The fourth-order valence-electron chi connectivity index (χ4n) is 1.55. The predicted octanol–water partition coefficient (Wildman–Crippen LogP) is 3.67. The van der Waals surface area contributed by atoms with Crippen LogP contribution in [0.15, 0.2) is 5.16 Å². The number of aromatic nitrogens is 2. The van der Waals surface area contributed by atoms with E-state index >= 15 is 0 Å². The Morgan fingerprint density at radius 3 is 2.88 bits per heavy atom. The van der Waals surface area contributed by atoms with Crippen LogP contribution in [0.4, 0.5) is 0 Å². The molecule has 0 spiro atoms. The first-order chi connectivity index (χ1) is 8.10. The van der Waals surface area contributed by atoms with Gasteiger partial charge in [-0.3, -0.25) is 4.57 Å². The average Bonchev–Trinajstić information content (AvgIpc) is 2.77. The van der Waals surface area contributed by atoms with Crippen LogP contribution in [0.3, 0.4) is 0 Å². The highest BCUT2D eigenvalue weighted by Crippen LogP contribution is 2.47. The summed E-state index contributed by atoms with van der Waals surface area (Å²) in [5.74, 6) is -0.327. The number of esters is 1. The van der Waals surface area contributed by atoms with Gasteiger partial charge in [0, 0.05) is 5.33 Å². The van der Waals surface area contributed by atoms with Crippen LogP contribution in [-0.2, 0) is 10.1 Å². The quantitative estimate of drug-likeness (QED) is 0.522. The Balaban J connectivity index is 2.46. The fraction of sp³-hybridized carbons (Fsp3) is 0.556. The SMILES string of the molecule is CCOC(=O)c1c(CBr)nc2n1[C@H](Br)[C@@H](Br)S2. The topological polar surface area (TPSA) is 44.1 Å². The van der Waals surface area contributed by atoms with Gasteiger partial charge in [-0.25, -0.2) is 9.78 Å². The zero-order chi connectivity index (χ0) is 12.6. The first-order valence-corrected chi connectivity index (χ1v) is 8.72. The number of hydrogen-bond acceptors (Lipinski definition) is 4. The van der Waals surface area contributed by atoms with E-state index < -0.39 is 0 Å². The monoisotopic (exact) mass is 446 g/mol. The second kappa shape index (κ2) is 5.63. The van der Waals surface area contributed by atoms with Crippen molar-refractivity contribution < 1.29 is 9.53 Å². The Morgan fingerprint density at radius 2 is 2.29 bits per heavy atom. The van der Waals surface area contributed by atoms with Gasteiger partial charge in [0.05, 0.1) is 16.5 Å². The van der Waals surface area contributed by atoms with Crippen LogP contribution in [-0.4, -0.2) is 26.3 Å². The summed E-state index contributed by atoms with van der Waals surface area (Å²) in [5.41, 5.74) is 1.24. The summed E-state index contributed by atoms with van der Waals surface area (Å²) in [5, 5.41) is 1.36. The summed E-state index contributed by atoms with van der Waals surface area (Å²) in [4.78, 5) is 16.4. The van der Waals surface area contributed by atoms with Crippen molar-refractivity contribution in [2.45, 2.75) is 26.5 Å². The number of ether oxygens (including phenoxy) is 1. The molecule has 8 heteroatoms. The maximum Gasteiger partial charge on any atom is 0.357 e. The molecule has 0 aliphatic carbocycles. The van der Waals surface area contributed by atoms with Gasteiger partial charge in [-0.15, -0.1) is 0 Å². The molecule has 0 radical (unpaired) electrons. The number of carbonyl (C=O) groups is 1. The van der Waals surface area contributed by atoms with E-state index in [2.05, 4.69) is 52.8 Å². The van der Waals surface area contributed by atoms with E-state index in [1.54, 1.807) is 18.7 Å². The third-order valence-corrected chi connectivity index (χ3v) is 6.80. The third-order valence-electron chi connectivity index (χ3n) is 2.23. The van der Waals surface area contributed by atoms with E-state index in [-0.39, 0.29) is 15.1 Å². The van der Waals surface area contributed by atoms with E-state index in [0.717, 1.165) is 10.9 Å².